The molecule has 2 N–H and O–H groups in total. The molecule has 0 aliphatic heterocycles. The summed E-state index contributed by atoms with van der Waals surface area (Å²) in [5.74, 6) is 0.586. The summed E-state index contributed by atoms with van der Waals surface area (Å²) in [7, 11) is 0. The smallest absolute Gasteiger partial charge is 0.187 e. The standard InChI is InChI=1S/C13H9Cl2N5/c14-9-5-10(15)7-12(6-9)20-13(17-18-19-20)8-1-3-11(16)4-2-8/h1-7H,16H2. The lowest BCUT2D eigenvalue weighted by molar-refractivity contribution is 0.791. The van der Waals surface area contributed by atoms with E-state index in [1.54, 1.807) is 35.0 Å². The average molecular weight is 306 g/mol. The number of nitrogens with two attached hydrogens (primary N) is 1. The van der Waals surface area contributed by atoms with Crippen LogP contribution >= 0.6 is 23.2 Å². The fourth-order valence-electron chi connectivity index (χ4n) is 1.83. The molecule has 0 aliphatic carbocycles. The molecule has 0 amide bonds. The van der Waals surface area contributed by atoms with Crippen molar-refractivity contribution in [3.05, 3.63) is 52.5 Å². The van der Waals surface area contributed by atoms with Gasteiger partial charge in [0.1, 0.15) is 0 Å². The van der Waals surface area contributed by atoms with Gasteiger partial charge in [0.15, 0.2) is 5.82 Å². The van der Waals surface area contributed by atoms with Crippen molar-refractivity contribution in [1.29, 1.82) is 0 Å². The first-order valence-electron chi connectivity index (χ1n) is 5.74. The monoisotopic (exact) mass is 305 g/mol. The van der Waals surface area contributed by atoms with Crippen LogP contribution in [0.3, 0.4) is 0 Å². The molecule has 1 aromatic heterocycles. The summed E-state index contributed by atoms with van der Waals surface area (Å²) in [5, 5.41) is 12.7. The van der Waals surface area contributed by atoms with Crippen LogP contribution in [0.2, 0.25) is 10.0 Å². The highest BCUT2D eigenvalue weighted by Gasteiger charge is 2.11. The quantitative estimate of drug-likeness (QED) is 0.738. The highest BCUT2D eigenvalue weighted by atomic mass is 35.5. The molecule has 0 atom stereocenters. The molecule has 100 valence electrons. The number of hydrogen-bond donors (Lipinski definition) is 1. The van der Waals surface area contributed by atoms with Crippen molar-refractivity contribution < 1.29 is 0 Å². The predicted molar refractivity (Wildman–Crippen MR) is 79.0 cm³/mol. The van der Waals surface area contributed by atoms with E-state index in [4.69, 9.17) is 28.9 Å². The summed E-state index contributed by atoms with van der Waals surface area (Å²) in [6, 6.07) is 12.4. The van der Waals surface area contributed by atoms with E-state index in [-0.39, 0.29) is 0 Å². The van der Waals surface area contributed by atoms with Crippen molar-refractivity contribution >= 4 is 28.9 Å². The molecule has 3 aromatic rings. The van der Waals surface area contributed by atoms with E-state index >= 15 is 0 Å². The van der Waals surface area contributed by atoms with E-state index in [2.05, 4.69) is 15.5 Å². The molecule has 1 heterocycles. The van der Waals surface area contributed by atoms with Gasteiger partial charge in [0.25, 0.3) is 0 Å². The van der Waals surface area contributed by atoms with Gasteiger partial charge in [0, 0.05) is 21.3 Å². The third-order valence-electron chi connectivity index (χ3n) is 2.73. The molecule has 2 aromatic carbocycles. The van der Waals surface area contributed by atoms with Crippen LogP contribution in [0.4, 0.5) is 5.69 Å². The molecule has 20 heavy (non-hydrogen) atoms. The Kier molecular flexibility index (Phi) is 3.30. The fraction of sp³-hybridized carbons (Fsp3) is 0. The molecule has 7 heteroatoms. The Morgan fingerprint density at radius 2 is 1.60 bits per heavy atom. The second kappa shape index (κ2) is 5.11. The molecule has 3 rings (SSSR count). The van der Waals surface area contributed by atoms with Crippen molar-refractivity contribution in [2.45, 2.75) is 0 Å². The maximum Gasteiger partial charge on any atom is 0.187 e. The Bertz CT molecular complexity index is 731. The lowest BCUT2D eigenvalue weighted by atomic mass is 10.2. The van der Waals surface area contributed by atoms with Crippen LogP contribution in [0.15, 0.2) is 42.5 Å². The molecule has 0 bridgehead atoms. The number of halogens is 2. The zero-order valence-corrected chi connectivity index (χ0v) is 11.7. The lowest BCUT2D eigenvalue weighted by Gasteiger charge is -2.06. The topological polar surface area (TPSA) is 69.6 Å². The van der Waals surface area contributed by atoms with Crippen LogP contribution in [0, 0.1) is 0 Å². The third kappa shape index (κ3) is 2.45. The predicted octanol–water partition coefficient (Wildman–Crippen LogP) is 3.22. The van der Waals surface area contributed by atoms with Gasteiger partial charge >= 0.3 is 0 Å². The summed E-state index contributed by atoms with van der Waals surface area (Å²) < 4.78 is 1.57. The molecule has 0 aliphatic rings. The van der Waals surface area contributed by atoms with Gasteiger partial charge in [0.2, 0.25) is 0 Å². The third-order valence-corrected chi connectivity index (χ3v) is 3.17. The molecule has 0 saturated carbocycles. The van der Waals surface area contributed by atoms with Crippen LogP contribution in [0.25, 0.3) is 17.1 Å². The first-order valence-corrected chi connectivity index (χ1v) is 6.50. The van der Waals surface area contributed by atoms with Crippen LogP contribution in [-0.2, 0) is 0 Å². The van der Waals surface area contributed by atoms with Crippen molar-refractivity contribution in [1.82, 2.24) is 20.2 Å². The van der Waals surface area contributed by atoms with Crippen molar-refractivity contribution in [2.75, 3.05) is 5.73 Å². The van der Waals surface area contributed by atoms with Gasteiger partial charge in [-0.25, -0.2) is 0 Å². The molecule has 0 radical (unpaired) electrons. The van der Waals surface area contributed by atoms with Gasteiger partial charge in [-0.15, -0.1) is 5.10 Å². The maximum atomic E-state index is 6.00. The second-order valence-corrected chi connectivity index (χ2v) is 5.04. The number of anilines is 1. The number of nitrogens with zero attached hydrogens (tertiary/aromatic N) is 4. The Morgan fingerprint density at radius 1 is 0.950 bits per heavy atom. The normalized spacial score (nSPS) is 10.7. The molecular weight excluding hydrogens is 297 g/mol. The zero-order valence-electron chi connectivity index (χ0n) is 10.2. The summed E-state index contributed by atoms with van der Waals surface area (Å²) >= 11 is 12.0. The average Bonchev–Trinajstić information content (AvgIpc) is 2.87. The van der Waals surface area contributed by atoms with Gasteiger partial charge in [0.05, 0.1) is 5.69 Å². The van der Waals surface area contributed by atoms with Crippen molar-refractivity contribution in [3.63, 3.8) is 0 Å². The number of hydrogen-bond acceptors (Lipinski definition) is 4. The molecule has 0 unspecified atom stereocenters. The fourth-order valence-corrected chi connectivity index (χ4v) is 2.35. The molecule has 5 nitrogen and oxygen atoms in total. The van der Waals surface area contributed by atoms with E-state index in [0.717, 1.165) is 5.56 Å². The van der Waals surface area contributed by atoms with E-state index in [9.17, 15) is 0 Å². The highest BCUT2D eigenvalue weighted by molar-refractivity contribution is 6.34. The molecule has 0 fully saturated rings. The minimum atomic E-state index is 0.520. The highest BCUT2D eigenvalue weighted by Crippen LogP contribution is 2.25. The van der Waals surface area contributed by atoms with E-state index in [1.165, 1.54) is 0 Å². The Hall–Kier alpha value is -2.11. The number of rotatable bonds is 2. The Balaban J connectivity index is 2.12. The van der Waals surface area contributed by atoms with Crippen LogP contribution in [0.1, 0.15) is 0 Å². The van der Waals surface area contributed by atoms with E-state index in [1.807, 2.05) is 12.1 Å². The van der Waals surface area contributed by atoms with Gasteiger partial charge in [-0.2, -0.15) is 4.68 Å². The summed E-state index contributed by atoms with van der Waals surface area (Å²) in [5.41, 5.74) is 7.90. The van der Waals surface area contributed by atoms with E-state index in [0.29, 0.717) is 27.2 Å². The minimum absolute atomic E-state index is 0.520. The number of nitrogen functional groups attached to an aromatic ring is 1. The maximum absolute atomic E-state index is 6.00. The van der Waals surface area contributed by atoms with Gasteiger partial charge in [-0.05, 0) is 52.9 Å². The van der Waals surface area contributed by atoms with Gasteiger partial charge < -0.3 is 5.73 Å². The first kappa shape index (κ1) is 12.9. The van der Waals surface area contributed by atoms with Crippen LogP contribution in [0.5, 0.6) is 0 Å². The van der Waals surface area contributed by atoms with Crippen LogP contribution in [-0.4, -0.2) is 20.2 Å². The van der Waals surface area contributed by atoms with Gasteiger partial charge in [-0.1, -0.05) is 23.2 Å². The second-order valence-electron chi connectivity index (χ2n) is 4.16. The number of tetrazole rings is 1. The largest absolute Gasteiger partial charge is 0.399 e. The van der Waals surface area contributed by atoms with E-state index < -0.39 is 0 Å². The Labute approximate surface area is 124 Å². The lowest BCUT2D eigenvalue weighted by Crippen LogP contribution is -2.00. The molecular formula is C13H9Cl2N5. The summed E-state index contributed by atoms with van der Waals surface area (Å²) in [4.78, 5) is 0. The van der Waals surface area contributed by atoms with Crippen molar-refractivity contribution in [3.8, 4) is 17.1 Å². The molecule has 0 spiro atoms. The van der Waals surface area contributed by atoms with Gasteiger partial charge in [-0.3, -0.25) is 0 Å². The van der Waals surface area contributed by atoms with Crippen molar-refractivity contribution in [2.24, 2.45) is 0 Å². The molecule has 0 saturated heterocycles. The minimum Gasteiger partial charge on any atom is -0.399 e. The SMILES string of the molecule is Nc1ccc(-c2nnnn2-c2cc(Cl)cc(Cl)c2)cc1. The summed E-state index contributed by atoms with van der Waals surface area (Å²) in [6.07, 6.45) is 0. The number of aromatic nitrogens is 4. The van der Waals surface area contributed by atoms with Crippen LogP contribution < -0.4 is 5.73 Å². The Morgan fingerprint density at radius 3 is 2.25 bits per heavy atom. The summed E-state index contributed by atoms with van der Waals surface area (Å²) in [6.45, 7) is 0. The first-order chi connectivity index (χ1) is 9.63. The zero-order chi connectivity index (χ0) is 14.1. The number of benzene rings is 2.